The van der Waals surface area contributed by atoms with Crippen LogP contribution in [0.25, 0.3) is 0 Å². The highest BCUT2D eigenvalue weighted by atomic mass is 16.2. The monoisotopic (exact) mass is 351 g/mol. The first kappa shape index (κ1) is 18.0. The Balaban J connectivity index is 1.73. The normalized spacial score (nSPS) is 14.3. The van der Waals surface area contributed by atoms with E-state index >= 15 is 0 Å². The molecule has 0 radical (unpaired) electrons. The first-order valence-corrected chi connectivity index (χ1v) is 8.95. The molecule has 0 atom stereocenters. The Bertz CT molecular complexity index is 813. The topological polar surface area (TPSA) is 52.7 Å². The van der Waals surface area contributed by atoms with E-state index < -0.39 is 0 Å². The minimum Gasteiger partial charge on any atom is -0.378 e. The van der Waals surface area contributed by atoms with Gasteiger partial charge in [0.05, 0.1) is 0 Å². The Morgan fingerprint density at radius 2 is 1.81 bits per heavy atom. The fourth-order valence-corrected chi connectivity index (χ4v) is 3.21. The molecule has 0 unspecified atom stereocenters. The predicted octanol–water partition coefficient (Wildman–Crippen LogP) is 3.83. The number of nitrogens with zero attached hydrogens (tertiary/aromatic N) is 2. The molecule has 0 spiro atoms. The van der Waals surface area contributed by atoms with E-state index in [1.165, 1.54) is 0 Å². The van der Waals surface area contributed by atoms with Crippen molar-refractivity contribution < 1.29 is 9.59 Å². The van der Waals surface area contributed by atoms with Crippen molar-refractivity contribution in [3.63, 3.8) is 0 Å². The van der Waals surface area contributed by atoms with Crippen LogP contribution in [0.15, 0.2) is 42.5 Å². The van der Waals surface area contributed by atoms with Crippen molar-refractivity contribution in [2.45, 2.75) is 26.2 Å². The Labute approximate surface area is 154 Å². The summed E-state index contributed by atoms with van der Waals surface area (Å²) >= 11 is 0. The number of anilines is 3. The Morgan fingerprint density at radius 1 is 1.08 bits per heavy atom. The zero-order valence-electron chi connectivity index (χ0n) is 15.6. The summed E-state index contributed by atoms with van der Waals surface area (Å²) in [5, 5.41) is 2.93. The van der Waals surface area contributed by atoms with Gasteiger partial charge in [0.2, 0.25) is 5.91 Å². The number of hydrogen-bond acceptors (Lipinski definition) is 3. The van der Waals surface area contributed by atoms with Gasteiger partial charge in [-0.1, -0.05) is 0 Å². The lowest BCUT2D eigenvalue weighted by Crippen LogP contribution is -2.35. The summed E-state index contributed by atoms with van der Waals surface area (Å²) in [5.41, 5.74) is 4.32. The Kier molecular flexibility index (Phi) is 5.26. The number of rotatable bonds is 4. The standard InChI is InChI=1S/C21H25N3O2/c1-15-14-17(9-12-19(15)24-13-5-4-6-20(24)25)22-21(26)16-7-10-18(11-8-16)23(2)3/h7-12,14H,4-6,13H2,1-3H3,(H,22,26). The van der Waals surface area contributed by atoms with Crippen LogP contribution in [-0.4, -0.2) is 32.5 Å². The van der Waals surface area contributed by atoms with Gasteiger partial charge in [-0.3, -0.25) is 9.59 Å². The molecule has 2 aromatic rings. The number of carbonyl (C=O) groups excluding carboxylic acids is 2. The molecular weight excluding hydrogens is 326 g/mol. The number of nitrogens with one attached hydrogen (secondary N) is 1. The van der Waals surface area contributed by atoms with Crippen LogP contribution in [0.5, 0.6) is 0 Å². The van der Waals surface area contributed by atoms with E-state index in [0.717, 1.165) is 42.0 Å². The average molecular weight is 351 g/mol. The van der Waals surface area contributed by atoms with Gasteiger partial charge in [-0.15, -0.1) is 0 Å². The summed E-state index contributed by atoms with van der Waals surface area (Å²) in [6.07, 6.45) is 2.61. The molecule has 1 saturated heterocycles. The molecule has 0 saturated carbocycles. The molecular formula is C21H25N3O2. The highest BCUT2D eigenvalue weighted by molar-refractivity contribution is 6.04. The molecule has 2 amide bonds. The Morgan fingerprint density at radius 3 is 2.42 bits per heavy atom. The summed E-state index contributed by atoms with van der Waals surface area (Å²) in [5.74, 6) is 0.0358. The van der Waals surface area contributed by atoms with Crippen LogP contribution in [0.2, 0.25) is 0 Å². The fraction of sp³-hybridized carbons (Fsp3) is 0.333. The molecule has 5 nitrogen and oxygen atoms in total. The second-order valence-corrected chi connectivity index (χ2v) is 6.90. The van der Waals surface area contributed by atoms with Crippen molar-refractivity contribution in [3.8, 4) is 0 Å². The first-order valence-electron chi connectivity index (χ1n) is 8.95. The molecule has 26 heavy (non-hydrogen) atoms. The summed E-state index contributed by atoms with van der Waals surface area (Å²) in [6.45, 7) is 2.74. The van der Waals surface area contributed by atoms with Crippen molar-refractivity contribution in [1.29, 1.82) is 0 Å². The predicted molar refractivity (Wildman–Crippen MR) is 106 cm³/mol. The lowest BCUT2D eigenvalue weighted by Gasteiger charge is -2.28. The molecule has 136 valence electrons. The molecule has 1 aliphatic heterocycles. The van der Waals surface area contributed by atoms with Crippen LogP contribution < -0.4 is 15.1 Å². The SMILES string of the molecule is Cc1cc(NC(=O)c2ccc(N(C)C)cc2)ccc1N1CCCCC1=O. The minimum absolute atomic E-state index is 0.142. The molecule has 5 heteroatoms. The van der Waals surface area contributed by atoms with Crippen molar-refractivity contribution >= 4 is 28.9 Å². The van der Waals surface area contributed by atoms with E-state index in [4.69, 9.17) is 0 Å². The lowest BCUT2D eigenvalue weighted by molar-refractivity contribution is -0.119. The molecule has 0 bridgehead atoms. The third kappa shape index (κ3) is 3.87. The zero-order chi connectivity index (χ0) is 18.7. The van der Waals surface area contributed by atoms with Gasteiger partial charge < -0.3 is 15.1 Å². The van der Waals surface area contributed by atoms with Gasteiger partial charge in [0.15, 0.2) is 0 Å². The number of hydrogen-bond donors (Lipinski definition) is 1. The molecule has 3 rings (SSSR count). The lowest BCUT2D eigenvalue weighted by atomic mass is 10.1. The number of aryl methyl sites for hydroxylation is 1. The largest absolute Gasteiger partial charge is 0.378 e. The van der Waals surface area contributed by atoms with Gasteiger partial charge in [0, 0.05) is 49.7 Å². The van der Waals surface area contributed by atoms with E-state index in [9.17, 15) is 9.59 Å². The third-order valence-corrected chi connectivity index (χ3v) is 4.71. The van der Waals surface area contributed by atoms with Crippen LogP contribution in [0.4, 0.5) is 17.1 Å². The number of carbonyl (C=O) groups is 2. The molecule has 1 fully saturated rings. The van der Waals surface area contributed by atoms with Crippen LogP contribution in [0.1, 0.15) is 35.2 Å². The van der Waals surface area contributed by atoms with Crippen molar-refractivity contribution in [2.24, 2.45) is 0 Å². The smallest absolute Gasteiger partial charge is 0.255 e. The summed E-state index contributed by atoms with van der Waals surface area (Å²) in [4.78, 5) is 28.4. The zero-order valence-corrected chi connectivity index (χ0v) is 15.6. The van der Waals surface area contributed by atoms with E-state index in [1.807, 2.05) is 73.3 Å². The summed E-state index contributed by atoms with van der Waals surface area (Å²) < 4.78 is 0. The van der Waals surface area contributed by atoms with Gasteiger partial charge in [-0.2, -0.15) is 0 Å². The second-order valence-electron chi connectivity index (χ2n) is 6.90. The highest BCUT2D eigenvalue weighted by Gasteiger charge is 2.21. The number of piperidine rings is 1. The van der Waals surface area contributed by atoms with Gasteiger partial charge in [-0.05, 0) is 67.8 Å². The van der Waals surface area contributed by atoms with Crippen LogP contribution in [-0.2, 0) is 4.79 Å². The van der Waals surface area contributed by atoms with E-state index in [2.05, 4.69) is 5.32 Å². The van der Waals surface area contributed by atoms with Crippen LogP contribution in [0, 0.1) is 6.92 Å². The number of benzene rings is 2. The summed E-state index contributed by atoms with van der Waals surface area (Å²) in [7, 11) is 3.93. The molecule has 1 heterocycles. The van der Waals surface area contributed by atoms with E-state index in [1.54, 1.807) is 0 Å². The molecule has 0 aliphatic carbocycles. The van der Waals surface area contributed by atoms with Crippen molar-refractivity contribution in [3.05, 3.63) is 53.6 Å². The van der Waals surface area contributed by atoms with Crippen LogP contribution >= 0.6 is 0 Å². The van der Waals surface area contributed by atoms with Gasteiger partial charge >= 0.3 is 0 Å². The fourth-order valence-electron chi connectivity index (χ4n) is 3.21. The first-order chi connectivity index (χ1) is 12.5. The van der Waals surface area contributed by atoms with E-state index in [0.29, 0.717) is 12.0 Å². The van der Waals surface area contributed by atoms with Gasteiger partial charge in [0.1, 0.15) is 0 Å². The second kappa shape index (κ2) is 7.60. The number of amides is 2. The van der Waals surface area contributed by atoms with E-state index in [-0.39, 0.29) is 11.8 Å². The average Bonchev–Trinajstić information content (AvgIpc) is 2.63. The minimum atomic E-state index is -0.142. The Hall–Kier alpha value is -2.82. The van der Waals surface area contributed by atoms with Crippen molar-refractivity contribution in [1.82, 2.24) is 0 Å². The quantitative estimate of drug-likeness (QED) is 0.911. The van der Waals surface area contributed by atoms with Crippen molar-refractivity contribution in [2.75, 3.05) is 35.8 Å². The molecule has 2 aromatic carbocycles. The van der Waals surface area contributed by atoms with Crippen LogP contribution in [0.3, 0.4) is 0 Å². The maximum Gasteiger partial charge on any atom is 0.255 e. The third-order valence-electron chi connectivity index (χ3n) is 4.71. The summed E-state index contributed by atoms with van der Waals surface area (Å²) in [6, 6.07) is 13.2. The maximum atomic E-state index is 12.5. The molecule has 1 aliphatic rings. The molecule has 0 aromatic heterocycles. The molecule has 1 N–H and O–H groups in total. The van der Waals surface area contributed by atoms with Gasteiger partial charge in [-0.25, -0.2) is 0 Å². The highest BCUT2D eigenvalue weighted by Crippen LogP contribution is 2.27. The maximum absolute atomic E-state index is 12.5. The van der Waals surface area contributed by atoms with Gasteiger partial charge in [0.25, 0.3) is 5.91 Å².